The molecule has 0 saturated heterocycles. The fraction of sp³-hybridized carbons (Fsp3) is 0.933. The molecule has 0 spiro atoms. The number of rotatable bonds is 7. The van der Waals surface area contributed by atoms with Gasteiger partial charge in [0, 0.05) is 7.11 Å². The molecule has 3 nitrogen and oxygen atoms in total. The number of carbonyl (C=O) groups excluding carboxylic acids is 1. The smallest absolute Gasteiger partial charge is 0.314 e. The average molecular weight is 256 g/mol. The van der Waals surface area contributed by atoms with Crippen LogP contribution in [0.2, 0.25) is 0 Å². The maximum absolute atomic E-state index is 12.4. The molecule has 0 bridgehead atoms. The third-order valence-corrected chi connectivity index (χ3v) is 4.26. The molecule has 1 fully saturated rings. The zero-order valence-electron chi connectivity index (χ0n) is 12.2. The van der Waals surface area contributed by atoms with Gasteiger partial charge in [-0.1, -0.05) is 33.1 Å². The Morgan fingerprint density at radius 2 is 1.89 bits per heavy atom. The van der Waals surface area contributed by atoms with Crippen LogP contribution in [0.25, 0.3) is 0 Å². The number of esters is 1. The molecule has 1 saturated carbocycles. The van der Waals surface area contributed by atoms with Crippen molar-refractivity contribution >= 4 is 5.97 Å². The number of hydrogen-bond acceptors (Lipinski definition) is 3. The minimum Gasteiger partial charge on any atom is -0.465 e. The predicted octanol–water partition coefficient (Wildman–Crippen LogP) is 3.56. The van der Waals surface area contributed by atoms with Crippen molar-refractivity contribution in [2.45, 2.75) is 58.8 Å². The van der Waals surface area contributed by atoms with E-state index < -0.39 is 5.41 Å². The Morgan fingerprint density at radius 1 is 1.22 bits per heavy atom. The average Bonchev–Trinajstić information content (AvgIpc) is 2.43. The van der Waals surface area contributed by atoms with E-state index in [9.17, 15) is 4.79 Å². The van der Waals surface area contributed by atoms with E-state index in [-0.39, 0.29) is 5.97 Å². The fourth-order valence-corrected chi connectivity index (χ4v) is 3.13. The molecular weight excluding hydrogens is 228 g/mol. The molecule has 106 valence electrons. The summed E-state index contributed by atoms with van der Waals surface area (Å²) in [5, 5.41) is 0. The van der Waals surface area contributed by atoms with Gasteiger partial charge in [-0.2, -0.15) is 0 Å². The van der Waals surface area contributed by atoms with Crippen LogP contribution in [0.4, 0.5) is 0 Å². The lowest BCUT2D eigenvalue weighted by Crippen LogP contribution is -2.44. The van der Waals surface area contributed by atoms with E-state index >= 15 is 0 Å². The second-order valence-electron chi connectivity index (χ2n) is 5.41. The van der Waals surface area contributed by atoms with Crippen molar-refractivity contribution in [3.63, 3.8) is 0 Å². The van der Waals surface area contributed by atoms with Gasteiger partial charge in [-0.25, -0.2) is 0 Å². The van der Waals surface area contributed by atoms with Crippen molar-refractivity contribution < 1.29 is 14.3 Å². The van der Waals surface area contributed by atoms with Crippen molar-refractivity contribution in [1.82, 2.24) is 0 Å². The van der Waals surface area contributed by atoms with E-state index in [0.717, 1.165) is 25.7 Å². The predicted molar refractivity (Wildman–Crippen MR) is 72.4 cm³/mol. The minimum atomic E-state index is -0.412. The van der Waals surface area contributed by atoms with Crippen molar-refractivity contribution in [1.29, 1.82) is 0 Å². The van der Waals surface area contributed by atoms with E-state index in [1.165, 1.54) is 19.3 Å². The van der Waals surface area contributed by atoms with Crippen LogP contribution in [0.3, 0.4) is 0 Å². The molecule has 0 N–H and O–H groups in total. The van der Waals surface area contributed by atoms with Crippen LogP contribution >= 0.6 is 0 Å². The van der Waals surface area contributed by atoms with Gasteiger partial charge in [0.25, 0.3) is 0 Å². The molecule has 0 aromatic heterocycles. The molecule has 0 amide bonds. The van der Waals surface area contributed by atoms with Crippen LogP contribution in [-0.4, -0.2) is 26.3 Å². The molecule has 18 heavy (non-hydrogen) atoms. The molecule has 1 rings (SSSR count). The Kier molecular flexibility index (Phi) is 6.69. The zero-order valence-corrected chi connectivity index (χ0v) is 12.2. The van der Waals surface area contributed by atoms with Crippen LogP contribution in [0.1, 0.15) is 58.8 Å². The van der Waals surface area contributed by atoms with E-state index in [4.69, 9.17) is 9.47 Å². The summed E-state index contributed by atoms with van der Waals surface area (Å²) in [6, 6.07) is 0. The van der Waals surface area contributed by atoms with E-state index in [2.05, 4.69) is 6.92 Å². The molecular formula is C15H28O3. The monoisotopic (exact) mass is 256 g/mol. The first-order chi connectivity index (χ1) is 8.71. The maximum Gasteiger partial charge on any atom is 0.314 e. The van der Waals surface area contributed by atoms with E-state index in [1.807, 2.05) is 6.92 Å². The van der Waals surface area contributed by atoms with Gasteiger partial charge in [-0.3, -0.25) is 4.79 Å². The molecule has 1 atom stereocenters. The van der Waals surface area contributed by atoms with E-state index in [0.29, 0.717) is 19.1 Å². The second kappa shape index (κ2) is 7.78. The quantitative estimate of drug-likeness (QED) is 0.653. The van der Waals surface area contributed by atoms with Crippen molar-refractivity contribution in [3.05, 3.63) is 0 Å². The summed E-state index contributed by atoms with van der Waals surface area (Å²) >= 11 is 0. The van der Waals surface area contributed by atoms with E-state index in [1.54, 1.807) is 7.11 Å². The van der Waals surface area contributed by atoms with Crippen LogP contribution in [0, 0.1) is 11.3 Å². The topological polar surface area (TPSA) is 35.5 Å². The highest BCUT2D eigenvalue weighted by Gasteiger charge is 2.45. The number of methoxy groups -OCH3 is 1. The Balaban J connectivity index is 2.80. The van der Waals surface area contributed by atoms with Gasteiger partial charge in [-0.05, 0) is 31.6 Å². The molecule has 0 aliphatic heterocycles. The summed E-state index contributed by atoms with van der Waals surface area (Å²) in [6.45, 7) is 5.13. The molecule has 1 aliphatic rings. The Morgan fingerprint density at radius 3 is 2.39 bits per heavy atom. The molecule has 1 aliphatic carbocycles. The summed E-state index contributed by atoms with van der Waals surface area (Å²) in [6.07, 6.45) is 7.73. The lowest BCUT2D eigenvalue weighted by atomic mass is 9.67. The highest BCUT2D eigenvalue weighted by Crippen LogP contribution is 2.42. The SMILES string of the molecule is CCCOC(=O)C(CC)(COC)C1CCCCC1. The summed E-state index contributed by atoms with van der Waals surface area (Å²) in [7, 11) is 1.68. The van der Waals surface area contributed by atoms with Gasteiger partial charge in [0.2, 0.25) is 0 Å². The first-order valence-corrected chi connectivity index (χ1v) is 7.37. The normalized spacial score (nSPS) is 20.4. The van der Waals surface area contributed by atoms with Crippen molar-refractivity contribution in [3.8, 4) is 0 Å². The van der Waals surface area contributed by atoms with Crippen LogP contribution in [-0.2, 0) is 14.3 Å². The third-order valence-electron chi connectivity index (χ3n) is 4.26. The number of ether oxygens (including phenoxy) is 2. The molecule has 1 unspecified atom stereocenters. The summed E-state index contributed by atoms with van der Waals surface area (Å²) in [5.74, 6) is 0.390. The highest BCUT2D eigenvalue weighted by atomic mass is 16.5. The number of hydrogen-bond donors (Lipinski definition) is 0. The largest absolute Gasteiger partial charge is 0.465 e. The summed E-state index contributed by atoms with van der Waals surface area (Å²) in [5.41, 5.74) is -0.412. The van der Waals surface area contributed by atoms with Crippen LogP contribution in [0.15, 0.2) is 0 Å². The summed E-state index contributed by atoms with van der Waals surface area (Å²) < 4.78 is 10.8. The van der Waals surface area contributed by atoms with Gasteiger partial charge in [0.05, 0.1) is 18.6 Å². The molecule has 0 aromatic rings. The van der Waals surface area contributed by atoms with Crippen LogP contribution < -0.4 is 0 Å². The molecule has 0 aromatic carbocycles. The van der Waals surface area contributed by atoms with Gasteiger partial charge >= 0.3 is 5.97 Å². The van der Waals surface area contributed by atoms with Gasteiger partial charge in [-0.15, -0.1) is 0 Å². The first kappa shape index (κ1) is 15.5. The van der Waals surface area contributed by atoms with Crippen LogP contribution in [0.5, 0.6) is 0 Å². The van der Waals surface area contributed by atoms with Crippen molar-refractivity contribution in [2.24, 2.45) is 11.3 Å². The Labute approximate surface area is 111 Å². The molecule has 0 radical (unpaired) electrons. The lowest BCUT2D eigenvalue weighted by molar-refractivity contribution is -0.166. The highest BCUT2D eigenvalue weighted by molar-refractivity contribution is 5.77. The minimum absolute atomic E-state index is 0.0411. The summed E-state index contributed by atoms with van der Waals surface area (Å²) in [4.78, 5) is 12.4. The van der Waals surface area contributed by atoms with Crippen molar-refractivity contribution in [2.75, 3.05) is 20.3 Å². The first-order valence-electron chi connectivity index (χ1n) is 7.37. The second-order valence-corrected chi connectivity index (χ2v) is 5.41. The standard InChI is InChI=1S/C15H28O3/c1-4-11-18-14(16)15(5-2,12-17-3)13-9-7-6-8-10-13/h13H,4-12H2,1-3H3. The lowest BCUT2D eigenvalue weighted by Gasteiger charge is -2.39. The Hall–Kier alpha value is -0.570. The number of carbonyl (C=O) groups is 1. The van der Waals surface area contributed by atoms with Gasteiger partial charge in [0.1, 0.15) is 0 Å². The molecule has 3 heteroatoms. The van der Waals surface area contributed by atoms with Gasteiger partial charge < -0.3 is 9.47 Å². The third kappa shape index (κ3) is 3.47. The zero-order chi connectivity index (χ0) is 13.4. The van der Waals surface area contributed by atoms with Gasteiger partial charge in [0.15, 0.2) is 0 Å². The molecule has 0 heterocycles. The maximum atomic E-state index is 12.4. The Bertz CT molecular complexity index is 246. The fourth-order valence-electron chi connectivity index (χ4n) is 3.13.